The van der Waals surface area contributed by atoms with Crippen molar-refractivity contribution in [3.05, 3.63) is 34.4 Å². The number of esters is 1. The summed E-state index contributed by atoms with van der Waals surface area (Å²) in [7, 11) is 0. The summed E-state index contributed by atoms with van der Waals surface area (Å²) < 4.78 is 5.45. The smallest absolute Gasteiger partial charge is 0.338 e. The molecule has 110 valence electrons. The molecule has 0 bridgehead atoms. The summed E-state index contributed by atoms with van der Waals surface area (Å²) in [5, 5.41) is 9.94. The SMILES string of the molecule is CC[C@@H](C)/C=C(\C)C(=O)Oc1c(C)cc(C)c(O)c1C. The van der Waals surface area contributed by atoms with Gasteiger partial charge in [-0.15, -0.1) is 0 Å². The number of phenolic OH excluding ortho intramolecular Hbond substituents is 1. The Morgan fingerprint density at radius 1 is 1.35 bits per heavy atom. The molecule has 1 aromatic carbocycles. The van der Waals surface area contributed by atoms with Crippen LogP contribution >= 0.6 is 0 Å². The molecule has 0 heterocycles. The van der Waals surface area contributed by atoms with E-state index in [4.69, 9.17) is 4.74 Å². The van der Waals surface area contributed by atoms with Crippen molar-refractivity contribution in [2.75, 3.05) is 0 Å². The molecule has 1 rings (SSSR count). The Morgan fingerprint density at radius 3 is 2.50 bits per heavy atom. The predicted octanol–water partition coefficient (Wildman–Crippen LogP) is 4.22. The molecule has 0 unspecified atom stereocenters. The van der Waals surface area contributed by atoms with E-state index in [1.807, 2.05) is 26.0 Å². The van der Waals surface area contributed by atoms with Crippen LogP contribution in [0.4, 0.5) is 0 Å². The minimum Gasteiger partial charge on any atom is -0.507 e. The van der Waals surface area contributed by atoms with Gasteiger partial charge in [-0.2, -0.15) is 0 Å². The maximum absolute atomic E-state index is 12.1. The van der Waals surface area contributed by atoms with E-state index >= 15 is 0 Å². The number of rotatable bonds is 4. The van der Waals surface area contributed by atoms with Crippen LogP contribution in [0.15, 0.2) is 17.7 Å². The standard InChI is InChI=1S/C17H24O3/c1-7-10(2)8-13(5)17(19)20-16-12(4)9-11(3)15(18)14(16)6/h8-10,18H,7H2,1-6H3/b13-8+/t10-/m1/s1. The van der Waals surface area contributed by atoms with Crippen molar-refractivity contribution in [2.24, 2.45) is 5.92 Å². The first-order valence-electron chi connectivity index (χ1n) is 6.98. The molecule has 0 aliphatic rings. The Kier molecular flexibility index (Phi) is 5.37. The van der Waals surface area contributed by atoms with Crippen molar-refractivity contribution in [1.29, 1.82) is 0 Å². The highest BCUT2D eigenvalue weighted by Gasteiger charge is 2.16. The third-order valence-corrected chi connectivity index (χ3v) is 3.56. The Balaban J connectivity index is 3.03. The van der Waals surface area contributed by atoms with Crippen molar-refractivity contribution < 1.29 is 14.6 Å². The fourth-order valence-corrected chi connectivity index (χ4v) is 2.10. The van der Waals surface area contributed by atoms with Crippen molar-refractivity contribution in [2.45, 2.75) is 48.0 Å². The Bertz CT molecular complexity index is 542. The number of aromatic hydroxyl groups is 1. The molecular formula is C17H24O3. The number of hydrogen-bond donors (Lipinski definition) is 1. The van der Waals surface area contributed by atoms with Gasteiger partial charge < -0.3 is 9.84 Å². The molecule has 20 heavy (non-hydrogen) atoms. The topological polar surface area (TPSA) is 46.5 Å². The lowest BCUT2D eigenvalue weighted by Crippen LogP contribution is -2.12. The van der Waals surface area contributed by atoms with Gasteiger partial charge in [0.25, 0.3) is 0 Å². The lowest BCUT2D eigenvalue weighted by atomic mass is 10.0. The van der Waals surface area contributed by atoms with Crippen molar-refractivity contribution in [1.82, 2.24) is 0 Å². The zero-order valence-electron chi connectivity index (χ0n) is 13.2. The van der Waals surface area contributed by atoms with E-state index in [9.17, 15) is 9.90 Å². The van der Waals surface area contributed by atoms with Crippen LogP contribution < -0.4 is 4.74 Å². The molecule has 0 spiro atoms. The van der Waals surface area contributed by atoms with Gasteiger partial charge in [0, 0.05) is 11.1 Å². The first kappa shape index (κ1) is 16.3. The molecule has 1 aromatic rings. The van der Waals surface area contributed by atoms with Gasteiger partial charge in [-0.3, -0.25) is 0 Å². The highest BCUT2D eigenvalue weighted by Crippen LogP contribution is 2.33. The normalized spacial score (nSPS) is 13.2. The second kappa shape index (κ2) is 6.60. The molecule has 3 nitrogen and oxygen atoms in total. The summed E-state index contributed by atoms with van der Waals surface area (Å²) in [6.45, 7) is 11.3. The van der Waals surface area contributed by atoms with Crippen molar-refractivity contribution in [3.63, 3.8) is 0 Å². The summed E-state index contributed by atoms with van der Waals surface area (Å²) >= 11 is 0. The van der Waals surface area contributed by atoms with Gasteiger partial charge in [-0.1, -0.05) is 26.3 Å². The van der Waals surface area contributed by atoms with Gasteiger partial charge in [0.2, 0.25) is 0 Å². The minimum absolute atomic E-state index is 0.182. The van der Waals surface area contributed by atoms with E-state index in [0.29, 0.717) is 22.8 Å². The van der Waals surface area contributed by atoms with Gasteiger partial charge in [0.15, 0.2) is 0 Å². The molecule has 1 N–H and O–H groups in total. The number of hydrogen-bond acceptors (Lipinski definition) is 3. The van der Waals surface area contributed by atoms with Crippen LogP contribution in [0, 0.1) is 26.7 Å². The Morgan fingerprint density at radius 2 is 1.95 bits per heavy atom. The number of ether oxygens (including phenoxy) is 1. The summed E-state index contributed by atoms with van der Waals surface area (Å²) in [4.78, 5) is 12.1. The molecule has 1 atom stereocenters. The van der Waals surface area contributed by atoms with E-state index in [0.717, 1.165) is 17.5 Å². The summed E-state index contributed by atoms with van der Waals surface area (Å²) in [5.41, 5.74) is 2.83. The Hall–Kier alpha value is -1.77. The number of carbonyl (C=O) groups is 1. The molecule has 0 amide bonds. The van der Waals surface area contributed by atoms with Crippen LogP contribution in [-0.2, 0) is 4.79 Å². The highest BCUT2D eigenvalue weighted by molar-refractivity contribution is 5.90. The molecule has 0 aliphatic carbocycles. The van der Waals surface area contributed by atoms with Gasteiger partial charge >= 0.3 is 5.97 Å². The molecule has 0 aromatic heterocycles. The zero-order valence-corrected chi connectivity index (χ0v) is 13.2. The van der Waals surface area contributed by atoms with E-state index in [1.165, 1.54) is 0 Å². The van der Waals surface area contributed by atoms with Crippen LogP contribution in [0.1, 0.15) is 43.9 Å². The summed E-state index contributed by atoms with van der Waals surface area (Å²) in [5.74, 6) is 0.618. The van der Waals surface area contributed by atoms with E-state index in [1.54, 1.807) is 13.8 Å². The maximum atomic E-state index is 12.1. The lowest BCUT2D eigenvalue weighted by molar-refractivity contribution is -0.130. The third-order valence-electron chi connectivity index (χ3n) is 3.56. The molecule has 0 saturated heterocycles. The van der Waals surface area contributed by atoms with Crippen LogP contribution in [0.25, 0.3) is 0 Å². The molecule has 0 saturated carbocycles. The summed E-state index contributed by atoms with van der Waals surface area (Å²) in [6.07, 6.45) is 2.90. The average Bonchev–Trinajstić information content (AvgIpc) is 2.40. The van der Waals surface area contributed by atoms with E-state index in [2.05, 4.69) is 13.8 Å². The lowest BCUT2D eigenvalue weighted by Gasteiger charge is -2.14. The minimum atomic E-state index is -0.361. The maximum Gasteiger partial charge on any atom is 0.338 e. The number of phenols is 1. The largest absolute Gasteiger partial charge is 0.507 e. The number of allylic oxidation sites excluding steroid dienone is 1. The first-order chi connectivity index (χ1) is 9.27. The third kappa shape index (κ3) is 3.62. The Labute approximate surface area is 121 Å². The molecule has 0 aliphatic heterocycles. The second-order valence-corrected chi connectivity index (χ2v) is 5.44. The quantitative estimate of drug-likeness (QED) is 0.509. The fourth-order valence-electron chi connectivity index (χ4n) is 2.10. The first-order valence-corrected chi connectivity index (χ1v) is 6.98. The number of aryl methyl sites for hydroxylation is 2. The van der Waals surface area contributed by atoms with Gasteiger partial charge in [0.1, 0.15) is 11.5 Å². The van der Waals surface area contributed by atoms with E-state index < -0.39 is 0 Å². The molecule has 0 radical (unpaired) electrons. The van der Waals surface area contributed by atoms with Crippen molar-refractivity contribution >= 4 is 5.97 Å². The predicted molar refractivity (Wildman–Crippen MR) is 81.2 cm³/mol. The van der Waals surface area contributed by atoms with Crippen molar-refractivity contribution in [3.8, 4) is 11.5 Å². The van der Waals surface area contributed by atoms with Crippen LogP contribution in [0.3, 0.4) is 0 Å². The number of benzene rings is 1. The van der Waals surface area contributed by atoms with Crippen LogP contribution in [0.5, 0.6) is 11.5 Å². The summed E-state index contributed by atoms with van der Waals surface area (Å²) in [6, 6.07) is 1.82. The van der Waals surface area contributed by atoms with Gasteiger partial charge in [0.05, 0.1) is 0 Å². The second-order valence-electron chi connectivity index (χ2n) is 5.44. The monoisotopic (exact) mass is 276 g/mol. The molecular weight excluding hydrogens is 252 g/mol. The number of carbonyl (C=O) groups excluding carboxylic acids is 1. The van der Waals surface area contributed by atoms with Crippen LogP contribution in [0.2, 0.25) is 0 Å². The fraction of sp³-hybridized carbons (Fsp3) is 0.471. The van der Waals surface area contributed by atoms with Crippen LogP contribution in [-0.4, -0.2) is 11.1 Å². The molecule has 3 heteroatoms. The van der Waals surface area contributed by atoms with Gasteiger partial charge in [-0.25, -0.2) is 4.79 Å². The zero-order chi connectivity index (χ0) is 15.4. The average molecular weight is 276 g/mol. The van der Waals surface area contributed by atoms with Gasteiger partial charge in [-0.05, 0) is 50.8 Å². The highest BCUT2D eigenvalue weighted by atomic mass is 16.5. The van der Waals surface area contributed by atoms with E-state index in [-0.39, 0.29) is 11.7 Å². The molecule has 0 fully saturated rings.